The lowest BCUT2D eigenvalue weighted by Crippen LogP contribution is -2.54. The Morgan fingerprint density at radius 3 is 2.47 bits per heavy atom. The Balaban J connectivity index is 0.00000180. The van der Waals surface area contributed by atoms with Crippen LogP contribution in [0, 0.1) is 0 Å². The molecule has 2 saturated heterocycles. The quantitative estimate of drug-likeness (QED) is 0.800. The Morgan fingerprint density at radius 2 is 1.95 bits per heavy atom. The molecule has 2 rings (SSSR count). The first kappa shape index (κ1) is 16.2. The van der Waals surface area contributed by atoms with Gasteiger partial charge in [0.2, 0.25) is 11.8 Å². The van der Waals surface area contributed by atoms with Gasteiger partial charge in [-0.15, -0.1) is 12.4 Å². The van der Waals surface area contributed by atoms with Crippen molar-refractivity contribution in [1.29, 1.82) is 0 Å². The smallest absolute Gasteiger partial charge is 0.241 e. The minimum Gasteiger partial charge on any atom is -0.345 e. The van der Waals surface area contributed by atoms with Crippen LogP contribution in [0.15, 0.2) is 0 Å². The average molecular weight is 290 g/mol. The summed E-state index contributed by atoms with van der Waals surface area (Å²) in [6, 6.07) is 0. The minimum atomic E-state index is -0.439. The molecule has 0 aliphatic carbocycles. The fourth-order valence-corrected chi connectivity index (χ4v) is 2.87. The molecule has 0 radical (unpaired) electrons. The summed E-state index contributed by atoms with van der Waals surface area (Å²) in [5.41, 5.74) is -0.439. The van der Waals surface area contributed by atoms with Crippen molar-refractivity contribution < 1.29 is 9.59 Å². The Hall–Kier alpha value is -0.810. The van der Waals surface area contributed by atoms with E-state index >= 15 is 0 Å². The third kappa shape index (κ3) is 3.60. The number of rotatable bonds is 4. The first-order valence-electron chi connectivity index (χ1n) is 6.99. The van der Waals surface area contributed by atoms with E-state index in [4.69, 9.17) is 0 Å². The van der Waals surface area contributed by atoms with Crippen molar-refractivity contribution in [1.82, 2.24) is 15.5 Å². The topological polar surface area (TPSA) is 61.4 Å². The summed E-state index contributed by atoms with van der Waals surface area (Å²) in [4.78, 5) is 25.9. The van der Waals surface area contributed by atoms with Crippen molar-refractivity contribution in [2.45, 2.75) is 44.6 Å². The van der Waals surface area contributed by atoms with Gasteiger partial charge in [-0.25, -0.2) is 0 Å². The van der Waals surface area contributed by atoms with Crippen LogP contribution in [-0.4, -0.2) is 48.4 Å². The Kier molecular flexibility index (Phi) is 6.07. The van der Waals surface area contributed by atoms with Gasteiger partial charge in [0.1, 0.15) is 0 Å². The molecule has 1 unspecified atom stereocenters. The molecule has 0 spiro atoms. The van der Waals surface area contributed by atoms with Crippen LogP contribution in [0.25, 0.3) is 0 Å². The number of halogens is 1. The van der Waals surface area contributed by atoms with Gasteiger partial charge < -0.3 is 15.5 Å². The second-order valence-electron chi connectivity index (χ2n) is 5.24. The molecule has 2 heterocycles. The molecule has 2 N–H and O–H groups in total. The monoisotopic (exact) mass is 289 g/mol. The van der Waals surface area contributed by atoms with Crippen molar-refractivity contribution in [2.24, 2.45) is 0 Å². The summed E-state index contributed by atoms with van der Waals surface area (Å²) < 4.78 is 0. The van der Waals surface area contributed by atoms with Crippen LogP contribution in [0.5, 0.6) is 0 Å². The van der Waals surface area contributed by atoms with Gasteiger partial charge in [-0.3, -0.25) is 9.59 Å². The SMILES string of the molecule is CCC1(C(=O)NCC(=O)N2CCCC2)CCCN1.Cl. The van der Waals surface area contributed by atoms with E-state index < -0.39 is 5.54 Å². The highest BCUT2D eigenvalue weighted by Crippen LogP contribution is 2.22. The van der Waals surface area contributed by atoms with Gasteiger partial charge in [0.05, 0.1) is 12.1 Å². The fourth-order valence-electron chi connectivity index (χ4n) is 2.87. The van der Waals surface area contributed by atoms with Crippen molar-refractivity contribution >= 4 is 24.2 Å². The first-order valence-corrected chi connectivity index (χ1v) is 6.99. The summed E-state index contributed by atoms with van der Waals surface area (Å²) in [5.74, 6) is 0.0279. The predicted molar refractivity (Wildman–Crippen MR) is 76.3 cm³/mol. The number of nitrogens with zero attached hydrogens (tertiary/aromatic N) is 1. The second-order valence-corrected chi connectivity index (χ2v) is 5.24. The molecule has 0 aromatic rings. The highest BCUT2D eigenvalue weighted by Gasteiger charge is 2.39. The zero-order valence-electron chi connectivity index (χ0n) is 11.5. The number of carbonyl (C=O) groups is 2. The lowest BCUT2D eigenvalue weighted by molar-refractivity contribution is -0.134. The maximum absolute atomic E-state index is 12.2. The van der Waals surface area contributed by atoms with Crippen molar-refractivity contribution in [3.05, 3.63) is 0 Å². The van der Waals surface area contributed by atoms with Crippen LogP contribution in [-0.2, 0) is 9.59 Å². The highest BCUT2D eigenvalue weighted by atomic mass is 35.5. The van der Waals surface area contributed by atoms with E-state index in [0.717, 1.165) is 51.7 Å². The lowest BCUT2D eigenvalue weighted by atomic mass is 9.93. The van der Waals surface area contributed by atoms with E-state index in [1.165, 1.54) is 0 Å². The van der Waals surface area contributed by atoms with E-state index in [-0.39, 0.29) is 30.8 Å². The third-order valence-electron chi connectivity index (χ3n) is 4.14. The van der Waals surface area contributed by atoms with Gasteiger partial charge in [-0.05, 0) is 38.6 Å². The maximum Gasteiger partial charge on any atom is 0.241 e. The van der Waals surface area contributed by atoms with Crippen molar-refractivity contribution in [2.75, 3.05) is 26.2 Å². The van der Waals surface area contributed by atoms with Gasteiger partial charge in [-0.2, -0.15) is 0 Å². The van der Waals surface area contributed by atoms with E-state index in [9.17, 15) is 9.59 Å². The summed E-state index contributed by atoms with van der Waals surface area (Å²) in [7, 11) is 0. The molecule has 2 aliphatic rings. The Morgan fingerprint density at radius 1 is 1.26 bits per heavy atom. The van der Waals surface area contributed by atoms with Gasteiger partial charge >= 0.3 is 0 Å². The molecule has 6 heteroatoms. The molecule has 110 valence electrons. The Labute approximate surface area is 120 Å². The number of hydrogen-bond acceptors (Lipinski definition) is 3. The van der Waals surface area contributed by atoms with Gasteiger partial charge in [0.25, 0.3) is 0 Å². The molecule has 1 atom stereocenters. The Bertz CT molecular complexity index is 324. The van der Waals surface area contributed by atoms with Gasteiger partial charge in [0.15, 0.2) is 0 Å². The number of carbonyl (C=O) groups excluding carboxylic acids is 2. The number of likely N-dealkylation sites (tertiary alicyclic amines) is 1. The zero-order valence-corrected chi connectivity index (χ0v) is 12.4. The molecular weight excluding hydrogens is 266 g/mol. The van der Waals surface area contributed by atoms with Crippen LogP contribution in [0.1, 0.15) is 39.0 Å². The van der Waals surface area contributed by atoms with Crippen molar-refractivity contribution in [3.63, 3.8) is 0 Å². The number of amides is 2. The predicted octanol–water partition coefficient (Wildman–Crippen LogP) is 0.679. The van der Waals surface area contributed by atoms with Crippen LogP contribution >= 0.6 is 12.4 Å². The summed E-state index contributed by atoms with van der Waals surface area (Å²) in [5, 5.41) is 6.08. The van der Waals surface area contributed by atoms with E-state index in [1.807, 2.05) is 11.8 Å². The molecule has 2 amide bonds. The van der Waals surface area contributed by atoms with Gasteiger partial charge in [0, 0.05) is 13.1 Å². The lowest BCUT2D eigenvalue weighted by Gasteiger charge is -2.27. The molecule has 0 saturated carbocycles. The summed E-state index contributed by atoms with van der Waals surface area (Å²) >= 11 is 0. The van der Waals surface area contributed by atoms with E-state index in [0.29, 0.717) is 0 Å². The third-order valence-corrected chi connectivity index (χ3v) is 4.14. The molecule has 2 aliphatic heterocycles. The molecular formula is C13H24ClN3O2. The standard InChI is InChI=1S/C13H23N3O2.ClH/c1-2-13(6-5-7-15-13)12(18)14-10-11(17)16-8-3-4-9-16;/h15H,2-10H2,1H3,(H,14,18);1H. The molecule has 0 bridgehead atoms. The van der Waals surface area contributed by atoms with Crippen LogP contribution in [0.2, 0.25) is 0 Å². The fraction of sp³-hybridized carbons (Fsp3) is 0.846. The maximum atomic E-state index is 12.2. The second kappa shape index (κ2) is 7.10. The summed E-state index contributed by atoms with van der Waals surface area (Å²) in [6.07, 6.45) is 4.84. The average Bonchev–Trinajstić information content (AvgIpc) is 3.06. The number of nitrogens with one attached hydrogen (secondary N) is 2. The minimum absolute atomic E-state index is 0. The summed E-state index contributed by atoms with van der Waals surface area (Å²) in [6.45, 7) is 4.72. The van der Waals surface area contributed by atoms with E-state index in [2.05, 4.69) is 10.6 Å². The van der Waals surface area contributed by atoms with Crippen molar-refractivity contribution in [3.8, 4) is 0 Å². The molecule has 0 aromatic heterocycles. The highest BCUT2D eigenvalue weighted by molar-refractivity contribution is 5.90. The molecule has 5 nitrogen and oxygen atoms in total. The number of hydrogen-bond donors (Lipinski definition) is 2. The van der Waals surface area contributed by atoms with Crippen LogP contribution < -0.4 is 10.6 Å². The van der Waals surface area contributed by atoms with Crippen LogP contribution in [0.4, 0.5) is 0 Å². The largest absolute Gasteiger partial charge is 0.345 e. The molecule has 0 aromatic carbocycles. The normalized spacial score (nSPS) is 26.1. The molecule has 2 fully saturated rings. The van der Waals surface area contributed by atoms with Crippen LogP contribution in [0.3, 0.4) is 0 Å². The molecule has 19 heavy (non-hydrogen) atoms. The first-order chi connectivity index (χ1) is 8.68. The van der Waals surface area contributed by atoms with E-state index in [1.54, 1.807) is 0 Å². The van der Waals surface area contributed by atoms with Gasteiger partial charge in [-0.1, -0.05) is 6.92 Å². The zero-order chi connectivity index (χ0) is 13.0.